The molecule has 5 nitrogen and oxygen atoms in total. The minimum absolute atomic E-state index is 0. The van der Waals surface area contributed by atoms with Gasteiger partial charge in [-0.3, -0.25) is 9.80 Å². The van der Waals surface area contributed by atoms with Gasteiger partial charge in [0.2, 0.25) is 0 Å². The van der Waals surface area contributed by atoms with Crippen molar-refractivity contribution in [2.24, 2.45) is 0 Å². The molecule has 1 aliphatic heterocycles. The molecule has 2 N–H and O–H groups in total. The van der Waals surface area contributed by atoms with E-state index >= 15 is 0 Å². The van der Waals surface area contributed by atoms with Crippen LogP contribution in [-0.4, -0.2) is 57.6 Å². The molecule has 0 bridgehead atoms. The fourth-order valence-electron chi connectivity index (χ4n) is 5.69. The molecule has 0 spiro atoms. The van der Waals surface area contributed by atoms with E-state index in [1.165, 1.54) is 16.7 Å². The van der Waals surface area contributed by atoms with Gasteiger partial charge in [0.15, 0.2) is 0 Å². The van der Waals surface area contributed by atoms with E-state index in [4.69, 9.17) is 4.98 Å². The van der Waals surface area contributed by atoms with Gasteiger partial charge in [-0.05, 0) is 29.0 Å². The predicted octanol–water partition coefficient (Wildman–Crippen LogP) is 7.39. The summed E-state index contributed by atoms with van der Waals surface area (Å²) in [6, 6.07) is 30.2. The summed E-state index contributed by atoms with van der Waals surface area (Å²) in [5.74, 6) is 0.834. The Hall–Kier alpha value is -2.38. The lowest BCUT2D eigenvalue weighted by Gasteiger charge is -2.40. The number of imidazole rings is 1. The number of hydrogen-bond donors (Lipinski definition) is 2. The molecule has 222 valence electrons. The van der Waals surface area contributed by atoms with Crippen LogP contribution in [0.15, 0.2) is 84.9 Å². The molecule has 4 aromatic rings. The number of nitrogens with zero attached hydrogens (tertiary/aromatic N) is 3. The first kappa shape index (κ1) is 34.8. The molecule has 1 unspecified atom stereocenters. The van der Waals surface area contributed by atoms with Crippen LogP contribution in [0.2, 0.25) is 0 Å². The summed E-state index contributed by atoms with van der Waals surface area (Å²) in [7, 11) is 0. The molecule has 1 saturated heterocycles. The molecule has 1 fully saturated rings. The average Bonchev–Trinajstić information content (AvgIpc) is 3.32. The molecule has 41 heavy (non-hydrogen) atoms. The molecule has 0 aliphatic carbocycles. The van der Waals surface area contributed by atoms with Crippen LogP contribution < -0.4 is 0 Å². The first-order valence-electron chi connectivity index (χ1n) is 13.7. The molecule has 1 atom stereocenters. The summed E-state index contributed by atoms with van der Waals surface area (Å²) in [6.45, 7) is 13.0. The number of aromatic amines is 1. The van der Waals surface area contributed by atoms with E-state index in [1.807, 2.05) is 6.92 Å². The molecular formula is C33H43Cl3N4O. The van der Waals surface area contributed by atoms with Gasteiger partial charge < -0.3 is 10.1 Å². The van der Waals surface area contributed by atoms with Crippen molar-refractivity contribution in [3.63, 3.8) is 0 Å². The Morgan fingerprint density at radius 3 is 1.83 bits per heavy atom. The number of rotatable bonds is 7. The van der Waals surface area contributed by atoms with Crippen LogP contribution in [0.5, 0.6) is 0 Å². The molecule has 0 saturated carbocycles. The number of aryl methyl sites for hydroxylation is 1. The average molecular weight is 618 g/mol. The van der Waals surface area contributed by atoms with E-state index < -0.39 is 6.10 Å². The van der Waals surface area contributed by atoms with Gasteiger partial charge in [-0.1, -0.05) is 106 Å². The smallest absolute Gasteiger partial charge is 0.138 e. The van der Waals surface area contributed by atoms with Crippen LogP contribution in [0, 0.1) is 6.92 Å². The topological polar surface area (TPSA) is 55.4 Å². The van der Waals surface area contributed by atoms with Gasteiger partial charge in [0.05, 0.1) is 11.7 Å². The second-order valence-electron chi connectivity index (χ2n) is 11.5. The molecule has 1 aliphatic rings. The van der Waals surface area contributed by atoms with E-state index in [0.29, 0.717) is 6.54 Å². The monoisotopic (exact) mass is 616 g/mol. The van der Waals surface area contributed by atoms with Gasteiger partial charge >= 0.3 is 0 Å². The zero-order valence-corrected chi connectivity index (χ0v) is 26.7. The molecule has 0 radical (unpaired) electrons. The highest BCUT2D eigenvalue weighted by Crippen LogP contribution is 2.33. The number of aliphatic hydroxyl groups excluding tert-OH is 1. The van der Waals surface area contributed by atoms with Crippen LogP contribution in [0.1, 0.15) is 61.0 Å². The van der Waals surface area contributed by atoms with Gasteiger partial charge in [0.1, 0.15) is 11.9 Å². The molecule has 0 amide bonds. The Morgan fingerprint density at radius 2 is 1.29 bits per heavy atom. The van der Waals surface area contributed by atoms with Crippen molar-refractivity contribution in [3.8, 4) is 11.4 Å². The first-order chi connectivity index (χ1) is 18.3. The number of H-pyrrole nitrogens is 1. The van der Waals surface area contributed by atoms with Crippen LogP contribution >= 0.6 is 37.2 Å². The summed E-state index contributed by atoms with van der Waals surface area (Å²) in [5, 5.41) is 11.2. The normalized spacial score (nSPS) is 15.0. The summed E-state index contributed by atoms with van der Waals surface area (Å²) in [4.78, 5) is 13.3. The largest absolute Gasteiger partial charge is 0.385 e. The molecule has 3 aromatic carbocycles. The third kappa shape index (κ3) is 8.13. The maximum absolute atomic E-state index is 11.2. The predicted molar refractivity (Wildman–Crippen MR) is 177 cm³/mol. The van der Waals surface area contributed by atoms with Crippen LogP contribution in [0.25, 0.3) is 11.4 Å². The summed E-state index contributed by atoms with van der Waals surface area (Å²) in [5.41, 5.74) is 6.68. The van der Waals surface area contributed by atoms with Crippen LogP contribution in [0.4, 0.5) is 0 Å². The van der Waals surface area contributed by atoms with Crippen molar-refractivity contribution in [3.05, 3.63) is 113 Å². The van der Waals surface area contributed by atoms with Crippen LogP contribution in [0.3, 0.4) is 0 Å². The molecule has 8 heteroatoms. The number of halogens is 3. The van der Waals surface area contributed by atoms with Crippen molar-refractivity contribution in [1.82, 2.24) is 19.8 Å². The lowest BCUT2D eigenvalue weighted by Crippen LogP contribution is -2.48. The number of aromatic nitrogens is 2. The van der Waals surface area contributed by atoms with Gasteiger partial charge in [-0.15, -0.1) is 37.2 Å². The number of piperazine rings is 1. The van der Waals surface area contributed by atoms with E-state index in [-0.39, 0.29) is 48.7 Å². The molecule has 5 rings (SSSR count). The van der Waals surface area contributed by atoms with E-state index in [1.54, 1.807) is 0 Å². The second-order valence-corrected chi connectivity index (χ2v) is 11.5. The summed E-state index contributed by atoms with van der Waals surface area (Å²) >= 11 is 0. The summed E-state index contributed by atoms with van der Waals surface area (Å²) < 4.78 is 0. The van der Waals surface area contributed by atoms with Gasteiger partial charge in [-0.25, -0.2) is 4.98 Å². The Bertz CT molecular complexity index is 1290. The van der Waals surface area contributed by atoms with Crippen molar-refractivity contribution >= 4 is 37.2 Å². The highest BCUT2D eigenvalue weighted by atomic mass is 35.5. The van der Waals surface area contributed by atoms with E-state index in [0.717, 1.165) is 49.0 Å². The third-order valence-electron chi connectivity index (χ3n) is 7.66. The lowest BCUT2D eigenvalue weighted by atomic mass is 9.83. The van der Waals surface area contributed by atoms with E-state index in [2.05, 4.69) is 120 Å². The maximum atomic E-state index is 11.2. The maximum Gasteiger partial charge on any atom is 0.138 e. The zero-order chi connectivity index (χ0) is 26.7. The minimum atomic E-state index is -0.632. The SMILES string of the molecule is Cc1[nH]c(-c2ccccc2C(C)(C)C)nc1C(O)CN1CCN(C(c2ccccc2)c2ccccc2)CC1.Cl.Cl.Cl. The molecule has 2 heterocycles. The van der Waals surface area contributed by atoms with Crippen LogP contribution in [-0.2, 0) is 5.41 Å². The summed E-state index contributed by atoms with van der Waals surface area (Å²) in [6.07, 6.45) is -0.632. The highest BCUT2D eigenvalue weighted by Gasteiger charge is 2.28. The Morgan fingerprint density at radius 1 is 0.780 bits per heavy atom. The highest BCUT2D eigenvalue weighted by molar-refractivity contribution is 5.86. The lowest BCUT2D eigenvalue weighted by molar-refractivity contribution is 0.0606. The number of benzene rings is 3. The standard InChI is InChI=1S/C33H40N4O.3ClH/c1-24-30(35-32(34-24)27-17-11-12-18-28(27)33(2,3)4)29(38)23-36-19-21-37(22-20-36)31(25-13-7-5-8-14-25)26-15-9-6-10-16-26;;;/h5-18,29,31,38H,19-23H2,1-4H3,(H,34,35);3*1H. The fourth-order valence-corrected chi connectivity index (χ4v) is 5.69. The van der Waals surface area contributed by atoms with Gasteiger partial charge in [0.25, 0.3) is 0 Å². The van der Waals surface area contributed by atoms with Crippen molar-refractivity contribution < 1.29 is 5.11 Å². The Kier molecular flexibility index (Phi) is 12.9. The Balaban J connectivity index is 0.00000196. The number of β-amino-alcohol motifs (C(OH)–C–C–N with tert-alkyl or cyclic N) is 1. The number of nitrogens with one attached hydrogen (secondary N) is 1. The van der Waals surface area contributed by atoms with Crippen molar-refractivity contribution in [2.45, 2.75) is 45.3 Å². The second kappa shape index (κ2) is 15.2. The van der Waals surface area contributed by atoms with E-state index in [9.17, 15) is 5.11 Å². The number of hydrogen-bond acceptors (Lipinski definition) is 4. The van der Waals surface area contributed by atoms with Crippen molar-refractivity contribution in [2.75, 3.05) is 32.7 Å². The third-order valence-corrected chi connectivity index (χ3v) is 7.66. The fraction of sp³-hybridized carbons (Fsp3) is 0.364. The zero-order valence-electron chi connectivity index (χ0n) is 24.3. The Labute approximate surface area is 263 Å². The molecular weight excluding hydrogens is 575 g/mol. The molecule has 1 aromatic heterocycles. The number of aliphatic hydroxyl groups is 1. The van der Waals surface area contributed by atoms with Gasteiger partial charge in [0, 0.05) is 44.0 Å². The van der Waals surface area contributed by atoms with Gasteiger partial charge in [-0.2, -0.15) is 0 Å². The minimum Gasteiger partial charge on any atom is -0.385 e. The quantitative estimate of drug-likeness (QED) is 0.227. The van der Waals surface area contributed by atoms with Crippen molar-refractivity contribution in [1.29, 1.82) is 0 Å². The first-order valence-corrected chi connectivity index (χ1v) is 13.7.